The van der Waals surface area contributed by atoms with Crippen LogP contribution in [0, 0.1) is 39.8 Å². The van der Waals surface area contributed by atoms with E-state index in [2.05, 4.69) is 101 Å². The smallest absolute Gasteiger partial charge is 0.509 e. The van der Waals surface area contributed by atoms with Gasteiger partial charge in [-0.2, -0.15) is 17.2 Å². The Morgan fingerprint density at radius 1 is 0.740 bits per heavy atom. The summed E-state index contributed by atoms with van der Waals surface area (Å²) in [5.74, 6) is 2.08. The number of unbranched alkanes of at least 4 members (excludes halogenated alkanes) is 2. The number of aromatic nitrogens is 4. The molecular weight excluding hydrogens is 796 g/mol. The molecule has 0 radical (unpaired) electrons. The van der Waals surface area contributed by atoms with E-state index in [-0.39, 0.29) is 21.1 Å². The summed E-state index contributed by atoms with van der Waals surface area (Å²) in [5, 5.41) is 7.12. The summed E-state index contributed by atoms with van der Waals surface area (Å²) in [5.41, 5.74) is 13.7. The minimum absolute atomic E-state index is 0. The van der Waals surface area contributed by atoms with Gasteiger partial charge in [0.2, 0.25) is 0 Å². The topological polar surface area (TPSA) is 44.9 Å². The molecule has 0 bridgehead atoms. The molecule has 4 aromatic carbocycles. The van der Waals surface area contributed by atoms with E-state index in [4.69, 9.17) is 14.8 Å². The molecule has 6 heteroatoms. The summed E-state index contributed by atoms with van der Waals surface area (Å²) >= 11 is 0. The summed E-state index contributed by atoms with van der Waals surface area (Å²) in [6.07, 6.45) is 12.9. The second kappa shape index (κ2) is 15.2. The molecule has 50 heavy (non-hydrogen) atoms. The number of pyridine rings is 1. The van der Waals surface area contributed by atoms with Crippen molar-refractivity contribution in [3.63, 3.8) is 0 Å². The van der Waals surface area contributed by atoms with Crippen LogP contribution in [0.15, 0.2) is 85.3 Å². The summed E-state index contributed by atoms with van der Waals surface area (Å²) in [6.45, 7) is 13.5. The summed E-state index contributed by atoms with van der Waals surface area (Å²) < 4.78 is 10.5. The van der Waals surface area contributed by atoms with Crippen LogP contribution in [0.3, 0.4) is 0 Å². The van der Waals surface area contributed by atoms with Crippen LogP contribution < -0.4 is 4.74 Å². The van der Waals surface area contributed by atoms with Gasteiger partial charge in [0.25, 0.3) is 0 Å². The zero-order valence-corrected chi connectivity index (χ0v) is 32.1. The van der Waals surface area contributed by atoms with Crippen LogP contribution in [0.2, 0.25) is 0 Å². The number of aryl methyl sites for hydroxylation is 1. The number of ether oxygens (including phenoxy) is 1. The van der Waals surface area contributed by atoms with E-state index in [0.717, 1.165) is 51.7 Å². The van der Waals surface area contributed by atoms with E-state index in [1.54, 1.807) is 0 Å². The quantitative estimate of drug-likeness (QED) is 0.122. The van der Waals surface area contributed by atoms with E-state index in [1.165, 1.54) is 64.6 Å². The van der Waals surface area contributed by atoms with Crippen LogP contribution in [0.5, 0.6) is 11.5 Å². The van der Waals surface area contributed by atoms with E-state index in [9.17, 15) is 0 Å². The van der Waals surface area contributed by atoms with Gasteiger partial charge in [0, 0.05) is 35.0 Å². The maximum absolute atomic E-state index is 6.44. The predicted molar refractivity (Wildman–Crippen MR) is 201 cm³/mol. The van der Waals surface area contributed by atoms with Crippen LogP contribution in [-0.4, -0.2) is 19.3 Å². The minimum Gasteiger partial charge on any atom is -0.509 e. The minimum atomic E-state index is 0. The molecule has 0 spiro atoms. The van der Waals surface area contributed by atoms with Crippen molar-refractivity contribution in [1.29, 1.82) is 0 Å². The van der Waals surface area contributed by atoms with Gasteiger partial charge in [0.1, 0.15) is 5.82 Å². The van der Waals surface area contributed by atoms with E-state index >= 15 is 0 Å². The molecule has 0 amide bonds. The number of nitrogens with zero attached hydrogens (tertiary/aromatic N) is 4. The zero-order chi connectivity index (χ0) is 34.1. The molecule has 256 valence electrons. The third-order valence-corrected chi connectivity index (χ3v) is 9.97. The number of fused-ring (bicyclic) bond motifs is 3. The molecule has 0 aliphatic heterocycles. The standard InChI is InChI=1S/C44H44N4O.Pt/c1-7-9-16-37-31(5)30(4)32(6)38(17-10-8-2)44(37)33-27-46-47(28-33)34-14-13-15-35(25-34)49-36-20-21-40-39-18-11-12-19-41(39)48(42(40)26-36)43-24-29(3)22-23-45-43;/h11-15,18-24,27-28H,7-10,16-17H2,1-6H3;/q-2;+2. The molecule has 7 aromatic rings. The number of para-hydroxylation sites is 1. The Hall–Kier alpha value is -4.47. The molecule has 3 heterocycles. The fourth-order valence-corrected chi connectivity index (χ4v) is 7.12. The Bertz CT molecular complexity index is 2260. The van der Waals surface area contributed by atoms with Gasteiger partial charge in [-0.3, -0.25) is 4.68 Å². The van der Waals surface area contributed by atoms with Gasteiger partial charge in [-0.25, -0.2) is 4.98 Å². The Labute approximate surface area is 310 Å². The third kappa shape index (κ3) is 6.68. The molecule has 0 unspecified atom stereocenters. The van der Waals surface area contributed by atoms with Gasteiger partial charge < -0.3 is 9.30 Å². The molecule has 0 fully saturated rings. The number of hydrogen-bond acceptors (Lipinski definition) is 3. The van der Waals surface area contributed by atoms with Crippen molar-refractivity contribution in [2.45, 2.75) is 80.1 Å². The normalized spacial score (nSPS) is 11.3. The fourth-order valence-electron chi connectivity index (χ4n) is 7.12. The van der Waals surface area contributed by atoms with Crippen LogP contribution in [-0.2, 0) is 33.9 Å². The Morgan fingerprint density at radius 2 is 1.46 bits per heavy atom. The van der Waals surface area contributed by atoms with Gasteiger partial charge in [-0.05, 0) is 122 Å². The Kier molecular flexibility index (Phi) is 10.7. The Balaban J connectivity index is 0.00000432. The molecule has 7 rings (SSSR count). The first-order valence-corrected chi connectivity index (χ1v) is 17.6. The van der Waals surface area contributed by atoms with Crippen molar-refractivity contribution in [3.05, 3.63) is 131 Å². The van der Waals surface area contributed by atoms with Crippen LogP contribution in [0.1, 0.15) is 72.9 Å². The van der Waals surface area contributed by atoms with E-state index in [0.29, 0.717) is 11.5 Å². The second-order valence-electron chi connectivity index (χ2n) is 13.2. The Morgan fingerprint density at radius 3 is 2.18 bits per heavy atom. The van der Waals surface area contributed by atoms with Crippen LogP contribution in [0.25, 0.3) is 44.4 Å². The molecule has 0 N–H and O–H groups in total. The van der Waals surface area contributed by atoms with E-state index < -0.39 is 0 Å². The van der Waals surface area contributed by atoms with E-state index in [1.807, 2.05) is 47.4 Å². The first kappa shape index (κ1) is 35.4. The fraction of sp³-hybridized carbons (Fsp3) is 0.273. The second-order valence-corrected chi connectivity index (χ2v) is 13.2. The molecule has 0 aliphatic rings. The molecule has 0 aliphatic carbocycles. The molecule has 5 nitrogen and oxygen atoms in total. The van der Waals surface area contributed by atoms with Gasteiger partial charge >= 0.3 is 21.1 Å². The predicted octanol–water partition coefficient (Wildman–Crippen LogP) is 11.3. The maximum Gasteiger partial charge on any atom is 2.00 e. The zero-order valence-electron chi connectivity index (χ0n) is 29.8. The maximum atomic E-state index is 6.44. The van der Waals surface area contributed by atoms with Gasteiger partial charge in [0.15, 0.2) is 0 Å². The van der Waals surface area contributed by atoms with Gasteiger partial charge in [0.05, 0.1) is 6.20 Å². The summed E-state index contributed by atoms with van der Waals surface area (Å²) in [6, 6.07) is 29.6. The van der Waals surface area contributed by atoms with Crippen LogP contribution in [0.4, 0.5) is 0 Å². The molecular formula is C44H44N4OPt. The first-order chi connectivity index (χ1) is 23.9. The average molecular weight is 840 g/mol. The molecule has 0 atom stereocenters. The molecule has 0 saturated heterocycles. The first-order valence-electron chi connectivity index (χ1n) is 17.6. The number of benzene rings is 4. The third-order valence-electron chi connectivity index (χ3n) is 9.97. The molecule has 3 aromatic heterocycles. The number of hydrogen-bond donors (Lipinski definition) is 0. The summed E-state index contributed by atoms with van der Waals surface area (Å²) in [7, 11) is 0. The summed E-state index contributed by atoms with van der Waals surface area (Å²) in [4.78, 5) is 4.70. The van der Waals surface area contributed by atoms with Crippen molar-refractivity contribution < 1.29 is 25.8 Å². The van der Waals surface area contributed by atoms with Crippen molar-refractivity contribution in [1.82, 2.24) is 19.3 Å². The van der Waals surface area contributed by atoms with Crippen molar-refractivity contribution in [3.8, 4) is 34.1 Å². The van der Waals surface area contributed by atoms with Gasteiger partial charge in [-0.15, -0.1) is 35.7 Å². The van der Waals surface area contributed by atoms with Crippen molar-refractivity contribution >= 4 is 21.8 Å². The molecule has 0 saturated carbocycles. The van der Waals surface area contributed by atoms with Crippen molar-refractivity contribution in [2.24, 2.45) is 0 Å². The van der Waals surface area contributed by atoms with Crippen LogP contribution >= 0.6 is 0 Å². The average Bonchev–Trinajstić information content (AvgIpc) is 3.73. The van der Waals surface area contributed by atoms with Crippen molar-refractivity contribution in [2.75, 3.05) is 0 Å². The van der Waals surface area contributed by atoms with Gasteiger partial charge in [-0.1, -0.05) is 50.4 Å². The monoisotopic (exact) mass is 839 g/mol. The largest absolute Gasteiger partial charge is 2.00 e. The number of rotatable bonds is 11. The SMILES string of the molecule is CCCCc1c(C)c(C)c(C)c(CCCC)c1-c1cnn(-c2[c-]c(Oc3[c-]c4c(cc3)c3ccccc3n4-c3cc(C)ccn3)ccc2)c1.[Pt+2].